The lowest BCUT2D eigenvalue weighted by molar-refractivity contribution is 0.0697. The zero-order chi connectivity index (χ0) is 15.4. The number of nitrogens with one attached hydrogen (secondary N) is 2. The van der Waals surface area contributed by atoms with Crippen molar-refractivity contribution in [2.75, 3.05) is 10.6 Å². The van der Waals surface area contributed by atoms with Gasteiger partial charge in [0.25, 0.3) is 0 Å². The van der Waals surface area contributed by atoms with E-state index in [0.29, 0.717) is 11.3 Å². The molecule has 6 heteroatoms. The Bertz CT molecular complexity index is 701. The van der Waals surface area contributed by atoms with Gasteiger partial charge in [-0.3, -0.25) is 0 Å². The van der Waals surface area contributed by atoms with Gasteiger partial charge < -0.3 is 15.7 Å². The van der Waals surface area contributed by atoms with Crippen molar-refractivity contribution in [1.82, 2.24) is 0 Å². The number of rotatable bonds is 3. The van der Waals surface area contributed by atoms with Gasteiger partial charge in [0, 0.05) is 10.2 Å². The number of aryl methyl sites for hydroxylation is 1. The zero-order valence-corrected chi connectivity index (χ0v) is 12.8. The lowest BCUT2D eigenvalue weighted by atomic mass is 10.1. The molecule has 2 aromatic carbocycles. The van der Waals surface area contributed by atoms with Crippen LogP contribution in [-0.4, -0.2) is 17.1 Å². The first-order valence-electron chi connectivity index (χ1n) is 6.14. The third-order valence-electron chi connectivity index (χ3n) is 2.82. The molecular formula is C15H13BrN2O3. The number of hydrogen-bond donors (Lipinski definition) is 3. The molecule has 0 aromatic heterocycles. The Morgan fingerprint density at radius 2 is 1.81 bits per heavy atom. The first-order valence-corrected chi connectivity index (χ1v) is 6.93. The van der Waals surface area contributed by atoms with E-state index in [-0.39, 0.29) is 11.3 Å². The minimum Gasteiger partial charge on any atom is -0.478 e. The van der Waals surface area contributed by atoms with E-state index in [4.69, 9.17) is 0 Å². The fourth-order valence-corrected chi connectivity index (χ4v) is 2.31. The number of urea groups is 1. The molecule has 5 nitrogen and oxygen atoms in total. The second-order valence-corrected chi connectivity index (χ2v) is 5.31. The lowest BCUT2D eigenvalue weighted by Gasteiger charge is -2.11. The van der Waals surface area contributed by atoms with Crippen LogP contribution in [0.2, 0.25) is 0 Å². The van der Waals surface area contributed by atoms with Gasteiger partial charge in [-0.2, -0.15) is 0 Å². The van der Waals surface area contributed by atoms with E-state index in [1.54, 1.807) is 43.3 Å². The molecule has 21 heavy (non-hydrogen) atoms. The number of carboxylic acids is 1. The van der Waals surface area contributed by atoms with E-state index in [1.165, 1.54) is 0 Å². The minimum atomic E-state index is -1.08. The van der Waals surface area contributed by atoms with Gasteiger partial charge in [-0.25, -0.2) is 9.59 Å². The molecule has 108 valence electrons. The van der Waals surface area contributed by atoms with Crippen molar-refractivity contribution in [3.63, 3.8) is 0 Å². The van der Waals surface area contributed by atoms with Gasteiger partial charge in [0.05, 0.1) is 11.3 Å². The molecule has 2 aromatic rings. The third kappa shape index (κ3) is 3.82. The number of aromatic carboxylic acids is 1. The van der Waals surface area contributed by atoms with E-state index < -0.39 is 12.0 Å². The van der Waals surface area contributed by atoms with Crippen LogP contribution in [0.3, 0.4) is 0 Å². The summed E-state index contributed by atoms with van der Waals surface area (Å²) in [7, 11) is 0. The Kier molecular flexibility index (Phi) is 4.59. The number of carboxylic acid groups (broad SMARTS) is 1. The van der Waals surface area contributed by atoms with Crippen LogP contribution in [0, 0.1) is 6.92 Å². The summed E-state index contributed by atoms with van der Waals surface area (Å²) in [5.74, 6) is -1.08. The molecule has 0 fully saturated rings. The summed E-state index contributed by atoms with van der Waals surface area (Å²) in [6.07, 6.45) is 0. The van der Waals surface area contributed by atoms with Gasteiger partial charge in [0.1, 0.15) is 0 Å². The molecule has 0 saturated carbocycles. The van der Waals surface area contributed by atoms with E-state index >= 15 is 0 Å². The van der Waals surface area contributed by atoms with Crippen molar-refractivity contribution in [3.05, 3.63) is 58.1 Å². The average molecular weight is 349 g/mol. The molecule has 0 aliphatic heterocycles. The molecule has 2 rings (SSSR count). The number of carbonyl (C=O) groups is 2. The summed E-state index contributed by atoms with van der Waals surface area (Å²) in [6.45, 7) is 1.68. The number of halogens is 1. The van der Waals surface area contributed by atoms with Crippen LogP contribution in [0.25, 0.3) is 0 Å². The highest BCUT2D eigenvalue weighted by Gasteiger charge is 2.14. The number of amides is 2. The fraction of sp³-hybridized carbons (Fsp3) is 0.0667. The molecule has 0 bridgehead atoms. The van der Waals surface area contributed by atoms with Gasteiger partial charge in [-0.05, 0) is 36.8 Å². The van der Waals surface area contributed by atoms with E-state index in [2.05, 4.69) is 26.6 Å². The molecule has 0 aliphatic carbocycles. The third-order valence-corrected chi connectivity index (χ3v) is 3.31. The van der Waals surface area contributed by atoms with Gasteiger partial charge in [-0.15, -0.1) is 0 Å². The van der Waals surface area contributed by atoms with Crippen LogP contribution >= 0.6 is 15.9 Å². The molecule has 0 radical (unpaired) electrons. The highest BCUT2D eigenvalue weighted by Crippen LogP contribution is 2.20. The highest BCUT2D eigenvalue weighted by atomic mass is 79.9. The van der Waals surface area contributed by atoms with Crippen LogP contribution in [0.1, 0.15) is 15.9 Å². The molecule has 0 spiro atoms. The van der Waals surface area contributed by atoms with Crippen molar-refractivity contribution in [1.29, 1.82) is 0 Å². The highest BCUT2D eigenvalue weighted by molar-refractivity contribution is 9.10. The maximum atomic E-state index is 11.9. The molecule has 2 amide bonds. The maximum Gasteiger partial charge on any atom is 0.338 e. The SMILES string of the molecule is Cc1cccc(NC(=O)Nc2cccc(Br)c2)c1C(=O)O. The summed E-state index contributed by atoms with van der Waals surface area (Å²) in [4.78, 5) is 23.2. The molecular weight excluding hydrogens is 336 g/mol. The fourth-order valence-electron chi connectivity index (χ4n) is 1.91. The van der Waals surface area contributed by atoms with Crippen molar-refractivity contribution in [2.24, 2.45) is 0 Å². The van der Waals surface area contributed by atoms with Crippen molar-refractivity contribution >= 4 is 39.3 Å². The van der Waals surface area contributed by atoms with Crippen LogP contribution in [-0.2, 0) is 0 Å². The number of anilines is 2. The monoisotopic (exact) mass is 348 g/mol. The molecule has 0 atom stereocenters. The van der Waals surface area contributed by atoms with Crippen LogP contribution in [0.15, 0.2) is 46.9 Å². The predicted octanol–water partition coefficient (Wildman–Crippen LogP) is 4.10. The Hall–Kier alpha value is -2.34. The Morgan fingerprint density at radius 1 is 1.10 bits per heavy atom. The molecule has 0 heterocycles. The standard InChI is InChI=1S/C15H13BrN2O3/c1-9-4-2-7-12(13(9)14(19)20)18-15(21)17-11-6-3-5-10(16)8-11/h2-8H,1H3,(H,19,20)(H2,17,18,21). The summed E-state index contributed by atoms with van der Waals surface area (Å²) in [5.41, 5.74) is 1.53. The maximum absolute atomic E-state index is 11.9. The van der Waals surface area contributed by atoms with Gasteiger partial charge >= 0.3 is 12.0 Å². The summed E-state index contributed by atoms with van der Waals surface area (Å²) in [5, 5.41) is 14.4. The summed E-state index contributed by atoms with van der Waals surface area (Å²) < 4.78 is 0.835. The lowest BCUT2D eigenvalue weighted by Crippen LogP contribution is -2.21. The summed E-state index contributed by atoms with van der Waals surface area (Å²) in [6, 6.07) is 11.5. The first kappa shape index (κ1) is 15.1. The largest absolute Gasteiger partial charge is 0.478 e. The number of hydrogen-bond acceptors (Lipinski definition) is 2. The van der Waals surface area contributed by atoms with Gasteiger partial charge in [-0.1, -0.05) is 34.1 Å². The Morgan fingerprint density at radius 3 is 2.48 bits per heavy atom. The second-order valence-electron chi connectivity index (χ2n) is 4.39. The van der Waals surface area contributed by atoms with E-state index in [1.807, 2.05) is 6.07 Å². The van der Waals surface area contributed by atoms with E-state index in [0.717, 1.165) is 4.47 Å². The van der Waals surface area contributed by atoms with E-state index in [9.17, 15) is 14.7 Å². The first-order chi connectivity index (χ1) is 9.97. The smallest absolute Gasteiger partial charge is 0.338 e. The average Bonchev–Trinajstić information content (AvgIpc) is 2.37. The quantitative estimate of drug-likeness (QED) is 0.781. The molecule has 0 aliphatic rings. The van der Waals surface area contributed by atoms with Crippen molar-refractivity contribution < 1.29 is 14.7 Å². The summed E-state index contributed by atoms with van der Waals surface area (Å²) >= 11 is 3.31. The normalized spacial score (nSPS) is 10.0. The molecule has 0 unspecified atom stereocenters. The van der Waals surface area contributed by atoms with Gasteiger partial charge in [0.15, 0.2) is 0 Å². The van der Waals surface area contributed by atoms with Crippen LogP contribution in [0.5, 0.6) is 0 Å². The number of benzene rings is 2. The predicted molar refractivity (Wildman–Crippen MR) is 84.9 cm³/mol. The minimum absolute atomic E-state index is 0.0851. The van der Waals surface area contributed by atoms with Crippen LogP contribution < -0.4 is 10.6 Å². The van der Waals surface area contributed by atoms with Crippen LogP contribution in [0.4, 0.5) is 16.2 Å². The second kappa shape index (κ2) is 6.41. The molecule has 0 saturated heterocycles. The van der Waals surface area contributed by atoms with Gasteiger partial charge in [0.2, 0.25) is 0 Å². The number of carbonyl (C=O) groups excluding carboxylic acids is 1. The Balaban J connectivity index is 2.17. The van der Waals surface area contributed by atoms with Crippen molar-refractivity contribution in [2.45, 2.75) is 6.92 Å². The molecule has 3 N–H and O–H groups in total. The topological polar surface area (TPSA) is 78.4 Å². The zero-order valence-electron chi connectivity index (χ0n) is 11.2. The Labute approximate surface area is 130 Å². The van der Waals surface area contributed by atoms with Crippen molar-refractivity contribution in [3.8, 4) is 0 Å².